The minimum absolute atomic E-state index is 0.748. The zero-order valence-corrected chi connectivity index (χ0v) is 14.4. The quantitative estimate of drug-likeness (QED) is 0.398. The van der Waals surface area contributed by atoms with Gasteiger partial charge in [-0.3, -0.25) is 4.99 Å². The third-order valence-corrected chi connectivity index (χ3v) is 3.80. The van der Waals surface area contributed by atoms with Crippen LogP contribution in [0.2, 0.25) is 0 Å². The second-order valence-corrected chi connectivity index (χ2v) is 5.60. The molecule has 1 aromatic heterocycles. The standard InChI is InChI=1S/C18H28N4O/c1-4-19-18(20-10-6-12-23-3)21-11-9-15-13-22-16-8-5-7-14(2)17(15)16/h5,7-8,13,22H,4,6,9-12H2,1-3H3,(H2,19,20,21). The molecule has 5 heteroatoms. The van der Waals surface area contributed by atoms with Crippen LogP contribution in [0.25, 0.3) is 10.9 Å². The van der Waals surface area contributed by atoms with Gasteiger partial charge in [0.25, 0.3) is 0 Å². The first-order chi connectivity index (χ1) is 11.3. The summed E-state index contributed by atoms with van der Waals surface area (Å²) in [6.45, 7) is 7.48. The van der Waals surface area contributed by atoms with Crippen molar-refractivity contribution in [1.29, 1.82) is 0 Å². The molecule has 0 bridgehead atoms. The van der Waals surface area contributed by atoms with Gasteiger partial charge in [-0.15, -0.1) is 0 Å². The Morgan fingerprint density at radius 3 is 2.96 bits per heavy atom. The molecule has 2 rings (SSSR count). The summed E-state index contributed by atoms with van der Waals surface area (Å²) in [5, 5.41) is 8.03. The summed E-state index contributed by atoms with van der Waals surface area (Å²) >= 11 is 0. The number of H-pyrrole nitrogens is 1. The van der Waals surface area contributed by atoms with Crippen LogP contribution in [0.1, 0.15) is 24.5 Å². The van der Waals surface area contributed by atoms with E-state index in [2.05, 4.69) is 58.9 Å². The number of nitrogens with one attached hydrogen (secondary N) is 3. The van der Waals surface area contributed by atoms with E-state index < -0.39 is 0 Å². The van der Waals surface area contributed by atoms with Crippen LogP contribution in [0.15, 0.2) is 29.4 Å². The lowest BCUT2D eigenvalue weighted by atomic mass is 10.1. The largest absolute Gasteiger partial charge is 0.385 e. The predicted octanol–water partition coefficient (Wildman–Crippen LogP) is 2.61. The lowest BCUT2D eigenvalue weighted by Gasteiger charge is -2.11. The Morgan fingerprint density at radius 2 is 2.17 bits per heavy atom. The molecular formula is C18H28N4O. The molecule has 0 amide bonds. The van der Waals surface area contributed by atoms with E-state index in [0.29, 0.717) is 0 Å². The number of hydrogen-bond donors (Lipinski definition) is 3. The lowest BCUT2D eigenvalue weighted by Crippen LogP contribution is -2.38. The van der Waals surface area contributed by atoms with Gasteiger partial charge in [0, 0.05) is 50.5 Å². The van der Waals surface area contributed by atoms with Crippen molar-refractivity contribution in [3.8, 4) is 0 Å². The summed E-state index contributed by atoms with van der Waals surface area (Å²) in [6.07, 6.45) is 4.02. The van der Waals surface area contributed by atoms with Crippen molar-refractivity contribution in [3.63, 3.8) is 0 Å². The number of guanidine groups is 1. The molecule has 0 atom stereocenters. The molecular weight excluding hydrogens is 288 g/mol. The number of benzene rings is 1. The van der Waals surface area contributed by atoms with E-state index in [1.54, 1.807) is 7.11 Å². The monoisotopic (exact) mass is 316 g/mol. The molecule has 0 saturated heterocycles. The van der Waals surface area contributed by atoms with Gasteiger partial charge in [-0.1, -0.05) is 12.1 Å². The zero-order valence-electron chi connectivity index (χ0n) is 14.4. The molecule has 23 heavy (non-hydrogen) atoms. The summed E-state index contributed by atoms with van der Waals surface area (Å²) in [7, 11) is 1.72. The fraction of sp³-hybridized carbons (Fsp3) is 0.500. The Balaban J connectivity index is 1.90. The Kier molecular flexibility index (Phi) is 6.94. The first-order valence-corrected chi connectivity index (χ1v) is 8.33. The van der Waals surface area contributed by atoms with E-state index in [4.69, 9.17) is 4.74 Å². The summed E-state index contributed by atoms with van der Waals surface area (Å²) in [6, 6.07) is 6.38. The number of rotatable bonds is 8. The number of aromatic amines is 1. The molecule has 2 aromatic rings. The molecule has 126 valence electrons. The van der Waals surface area contributed by atoms with Gasteiger partial charge in [-0.2, -0.15) is 0 Å². The summed E-state index contributed by atoms with van der Waals surface area (Å²) < 4.78 is 5.05. The molecule has 0 aliphatic carbocycles. The van der Waals surface area contributed by atoms with Crippen LogP contribution in [0.3, 0.4) is 0 Å². The van der Waals surface area contributed by atoms with E-state index in [1.165, 1.54) is 22.0 Å². The highest BCUT2D eigenvalue weighted by Gasteiger charge is 2.06. The number of aliphatic imine (C=N–C) groups is 1. The molecule has 0 aliphatic heterocycles. The maximum Gasteiger partial charge on any atom is 0.191 e. The zero-order chi connectivity index (χ0) is 16.5. The van der Waals surface area contributed by atoms with E-state index in [-0.39, 0.29) is 0 Å². The van der Waals surface area contributed by atoms with Gasteiger partial charge in [0.2, 0.25) is 0 Å². The number of fused-ring (bicyclic) bond motifs is 1. The fourth-order valence-electron chi connectivity index (χ4n) is 2.71. The number of aryl methyl sites for hydroxylation is 1. The SMILES string of the molecule is CCNC(=NCCCOC)NCCc1c[nH]c2cccc(C)c12. The van der Waals surface area contributed by atoms with Crippen molar-refractivity contribution in [1.82, 2.24) is 15.6 Å². The van der Waals surface area contributed by atoms with E-state index in [1.807, 2.05) is 0 Å². The Bertz CT molecular complexity index is 633. The highest BCUT2D eigenvalue weighted by Crippen LogP contribution is 2.22. The normalized spacial score (nSPS) is 11.9. The van der Waals surface area contributed by atoms with Gasteiger partial charge in [0.05, 0.1) is 0 Å². The average Bonchev–Trinajstić information content (AvgIpc) is 2.96. The molecule has 0 radical (unpaired) electrons. The van der Waals surface area contributed by atoms with Crippen molar-refractivity contribution in [2.75, 3.05) is 33.4 Å². The van der Waals surface area contributed by atoms with Gasteiger partial charge < -0.3 is 20.4 Å². The van der Waals surface area contributed by atoms with E-state index in [0.717, 1.165) is 45.0 Å². The smallest absolute Gasteiger partial charge is 0.191 e. The maximum absolute atomic E-state index is 5.05. The van der Waals surface area contributed by atoms with Crippen molar-refractivity contribution >= 4 is 16.9 Å². The third kappa shape index (κ3) is 4.99. The predicted molar refractivity (Wildman–Crippen MR) is 97.2 cm³/mol. The van der Waals surface area contributed by atoms with Crippen molar-refractivity contribution in [3.05, 3.63) is 35.5 Å². The molecule has 0 saturated carbocycles. The van der Waals surface area contributed by atoms with Crippen molar-refractivity contribution in [2.45, 2.75) is 26.7 Å². The average molecular weight is 316 g/mol. The van der Waals surface area contributed by atoms with Crippen LogP contribution in [0.4, 0.5) is 0 Å². The Morgan fingerprint density at radius 1 is 1.30 bits per heavy atom. The van der Waals surface area contributed by atoms with Crippen molar-refractivity contribution in [2.24, 2.45) is 4.99 Å². The number of aromatic nitrogens is 1. The van der Waals surface area contributed by atoms with Gasteiger partial charge in [-0.05, 0) is 43.9 Å². The topological polar surface area (TPSA) is 61.4 Å². The Labute approximate surface area is 138 Å². The summed E-state index contributed by atoms with van der Waals surface area (Å²) in [4.78, 5) is 7.91. The molecule has 0 fully saturated rings. The van der Waals surface area contributed by atoms with Gasteiger partial charge in [0.15, 0.2) is 5.96 Å². The van der Waals surface area contributed by atoms with Crippen LogP contribution < -0.4 is 10.6 Å². The van der Waals surface area contributed by atoms with Crippen LogP contribution in [-0.4, -0.2) is 44.3 Å². The molecule has 1 aromatic carbocycles. The number of ether oxygens (including phenoxy) is 1. The summed E-state index contributed by atoms with van der Waals surface area (Å²) in [5.74, 6) is 0.875. The first-order valence-electron chi connectivity index (χ1n) is 8.33. The minimum Gasteiger partial charge on any atom is -0.385 e. The fourth-order valence-corrected chi connectivity index (χ4v) is 2.71. The molecule has 0 unspecified atom stereocenters. The summed E-state index contributed by atoms with van der Waals surface area (Å²) in [5.41, 5.74) is 3.87. The molecule has 1 heterocycles. The first kappa shape index (κ1) is 17.3. The van der Waals surface area contributed by atoms with Crippen LogP contribution >= 0.6 is 0 Å². The number of nitrogens with zero attached hydrogens (tertiary/aromatic N) is 1. The van der Waals surface area contributed by atoms with Gasteiger partial charge >= 0.3 is 0 Å². The molecule has 0 spiro atoms. The number of methoxy groups -OCH3 is 1. The van der Waals surface area contributed by atoms with Crippen LogP contribution in [0.5, 0.6) is 0 Å². The lowest BCUT2D eigenvalue weighted by molar-refractivity contribution is 0.197. The Hall–Kier alpha value is -2.01. The van der Waals surface area contributed by atoms with Crippen LogP contribution in [0, 0.1) is 6.92 Å². The second-order valence-electron chi connectivity index (χ2n) is 5.60. The van der Waals surface area contributed by atoms with E-state index in [9.17, 15) is 0 Å². The molecule has 0 aliphatic rings. The minimum atomic E-state index is 0.748. The molecule has 5 nitrogen and oxygen atoms in total. The highest BCUT2D eigenvalue weighted by molar-refractivity contribution is 5.86. The van der Waals surface area contributed by atoms with E-state index >= 15 is 0 Å². The van der Waals surface area contributed by atoms with Gasteiger partial charge in [0.1, 0.15) is 0 Å². The van der Waals surface area contributed by atoms with Gasteiger partial charge in [-0.25, -0.2) is 0 Å². The second kappa shape index (κ2) is 9.20. The van der Waals surface area contributed by atoms with Crippen molar-refractivity contribution < 1.29 is 4.74 Å². The van der Waals surface area contributed by atoms with Crippen LogP contribution in [-0.2, 0) is 11.2 Å². The maximum atomic E-state index is 5.05. The third-order valence-electron chi connectivity index (χ3n) is 3.80. The number of hydrogen-bond acceptors (Lipinski definition) is 2. The highest BCUT2D eigenvalue weighted by atomic mass is 16.5. The molecule has 3 N–H and O–H groups in total.